The van der Waals surface area contributed by atoms with E-state index in [1.54, 1.807) is 24.1 Å². The van der Waals surface area contributed by atoms with E-state index in [0.717, 1.165) is 5.75 Å². The minimum absolute atomic E-state index is 0.00366. The minimum Gasteiger partial charge on any atom is -0.484 e. The molecule has 0 spiro atoms. The Hall–Kier alpha value is -3.02. The molecule has 1 aliphatic rings. The van der Waals surface area contributed by atoms with Crippen LogP contribution in [0.2, 0.25) is 0 Å². The van der Waals surface area contributed by atoms with Crippen LogP contribution in [0.25, 0.3) is 0 Å². The molecule has 1 fully saturated rings. The summed E-state index contributed by atoms with van der Waals surface area (Å²) in [6, 6.07) is 15.0. The van der Waals surface area contributed by atoms with E-state index in [9.17, 15) is 9.59 Å². The molecule has 0 aliphatic carbocycles. The molecule has 1 saturated heterocycles. The Bertz CT molecular complexity index is 794. The van der Waals surface area contributed by atoms with Crippen molar-refractivity contribution in [3.63, 3.8) is 0 Å². The number of amides is 2. The second-order valence-corrected chi connectivity index (χ2v) is 6.94. The van der Waals surface area contributed by atoms with Crippen LogP contribution in [0.4, 0.5) is 0 Å². The fourth-order valence-electron chi connectivity index (χ4n) is 3.18. The zero-order valence-corrected chi connectivity index (χ0v) is 16.3. The molecule has 148 valence electrons. The molecule has 0 aromatic heterocycles. The molecule has 0 atom stereocenters. The highest BCUT2D eigenvalue weighted by molar-refractivity contribution is 5.80. The van der Waals surface area contributed by atoms with Crippen molar-refractivity contribution in [2.75, 3.05) is 26.7 Å². The lowest BCUT2D eigenvalue weighted by Gasteiger charge is -2.31. The first-order valence-corrected chi connectivity index (χ1v) is 9.52. The van der Waals surface area contributed by atoms with Crippen molar-refractivity contribution in [3.8, 4) is 17.2 Å². The summed E-state index contributed by atoms with van der Waals surface area (Å²) in [5.74, 6) is 2.08. The molecule has 6 heteroatoms. The standard InChI is InChI=1S/C22H26N2O4/c1-16-3-5-19(6-4-16)28-20-9-7-18(8-10-20)27-15-21(25)24-13-11-17(12-14-24)22(26)23-2/h3-10,17H,11-15H2,1-2H3,(H,23,26). The summed E-state index contributed by atoms with van der Waals surface area (Å²) in [5.41, 5.74) is 1.18. The van der Waals surface area contributed by atoms with Gasteiger partial charge in [-0.2, -0.15) is 0 Å². The number of ether oxygens (including phenoxy) is 2. The number of nitrogens with one attached hydrogen (secondary N) is 1. The monoisotopic (exact) mass is 382 g/mol. The van der Waals surface area contributed by atoms with Gasteiger partial charge < -0.3 is 19.7 Å². The minimum atomic E-state index is -0.0599. The fraction of sp³-hybridized carbons (Fsp3) is 0.364. The molecule has 0 unspecified atom stereocenters. The predicted molar refractivity (Wildman–Crippen MR) is 107 cm³/mol. The molecule has 0 saturated carbocycles. The highest BCUT2D eigenvalue weighted by atomic mass is 16.5. The van der Waals surface area contributed by atoms with Crippen LogP contribution in [-0.2, 0) is 9.59 Å². The van der Waals surface area contributed by atoms with Crippen LogP contribution < -0.4 is 14.8 Å². The number of carbonyl (C=O) groups is 2. The lowest BCUT2D eigenvalue weighted by atomic mass is 9.96. The molecule has 0 radical (unpaired) electrons. The van der Waals surface area contributed by atoms with Crippen molar-refractivity contribution in [2.45, 2.75) is 19.8 Å². The summed E-state index contributed by atoms with van der Waals surface area (Å²) in [6.07, 6.45) is 1.38. The van der Waals surface area contributed by atoms with E-state index in [1.807, 2.05) is 43.3 Å². The van der Waals surface area contributed by atoms with Crippen molar-refractivity contribution in [1.29, 1.82) is 0 Å². The van der Waals surface area contributed by atoms with Crippen LogP contribution in [0.15, 0.2) is 48.5 Å². The van der Waals surface area contributed by atoms with Crippen LogP contribution in [0.5, 0.6) is 17.2 Å². The van der Waals surface area contributed by atoms with E-state index in [-0.39, 0.29) is 24.3 Å². The maximum atomic E-state index is 12.3. The molecule has 3 rings (SSSR count). The van der Waals surface area contributed by atoms with Crippen molar-refractivity contribution in [2.24, 2.45) is 5.92 Å². The lowest BCUT2D eigenvalue weighted by Crippen LogP contribution is -2.44. The van der Waals surface area contributed by atoms with Gasteiger partial charge in [0.25, 0.3) is 5.91 Å². The van der Waals surface area contributed by atoms with Gasteiger partial charge in [-0.1, -0.05) is 17.7 Å². The molecule has 2 aromatic rings. The number of piperidine rings is 1. The zero-order chi connectivity index (χ0) is 19.9. The Balaban J connectivity index is 1.45. The SMILES string of the molecule is CNC(=O)C1CCN(C(=O)COc2ccc(Oc3ccc(C)cc3)cc2)CC1. The van der Waals surface area contributed by atoms with Gasteiger partial charge in [0.05, 0.1) is 0 Å². The fourth-order valence-corrected chi connectivity index (χ4v) is 3.18. The van der Waals surface area contributed by atoms with E-state index in [2.05, 4.69) is 5.32 Å². The molecule has 0 bridgehead atoms. The molecule has 6 nitrogen and oxygen atoms in total. The van der Waals surface area contributed by atoms with Crippen LogP contribution >= 0.6 is 0 Å². The molecular weight excluding hydrogens is 356 g/mol. The van der Waals surface area contributed by atoms with Gasteiger partial charge in [0.2, 0.25) is 5.91 Å². The van der Waals surface area contributed by atoms with Gasteiger partial charge in [-0.3, -0.25) is 9.59 Å². The number of benzene rings is 2. The Kier molecular flexibility index (Phi) is 6.53. The second kappa shape index (κ2) is 9.26. The average Bonchev–Trinajstić information content (AvgIpc) is 2.74. The van der Waals surface area contributed by atoms with Crippen LogP contribution in [0.3, 0.4) is 0 Å². The number of aryl methyl sites for hydroxylation is 1. The summed E-state index contributed by atoms with van der Waals surface area (Å²) in [7, 11) is 1.64. The number of carbonyl (C=O) groups excluding carboxylic acids is 2. The van der Waals surface area contributed by atoms with Crippen molar-refractivity contribution in [1.82, 2.24) is 10.2 Å². The van der Waals surface area contributed by atoms with Gasteiger partial charge >= 0.3 is 0 Å². The quantitative estimate of drug-likeness (QED) is 0.833. The van der Waals surface area contributed by atoms with E-state index in [0.29, 0.717) is 37.4 Å². The second-order valence-electron chi connectivity index (χ2n) is 6.94. The first-order valence-electron chi connectivity index (χ1n) is 9.52. The molecule has 1 heterocycles. The molecule has 28 heavy (non-hydrogen) atoms. The van der Waals surface area contributed by atoms with E-state index in [4.69, 9.17) is 9.47 Å². The third kappa shape index (κ3) is 5.25. The van der Waals surface area contributed by atoms with Gasteiger partial charge in [-0.15, -0.1) is 0 Å². The van der Waals surface area contributed by atoms with Crippen LogP contribution in [-0.4, -0.2) is 43.5 Å². The van der Waals surface area contributed by atoms with E-state index >= 15 is 0 Å². The average molecular weight is 382 g/mol. The topological polar surface area (TPSA) is 67.9 Å². The van der Waals surface area contributed by atoms with Crippen molar-refractivity contribution >= 4 is 11.8 Å². The maximum Gasteiger partial charge on any atom is 0.260 e. The van der Waals surface area contributed by atoms with Gasteiger partial charge in [0.1, 0.15) is 17.2 Å². The van der Waals surface area contributed by atoms with Gasteiger partial charge in [-0.05, 0) is 56.2 Å². The number of nitrogens with zero attached hydrogens (tertiary/aromatic N) is 1. The molecule has 2 amide bonds. The Morgan fingerprint density at radius 1 is 0.964 bits per heavy atom. The predicted octanol–water partition coefficient (Wildman–Crippen LogP) is 3.15. The van der Waals surface area contributed by atoms with Crippen molar-refractivity contribution in [3.05, 3.63) is 54.1 Å². The Morgan fingerprint density at radius 3 is 2.07 bits per heavy atom. The third-order valence-corrected chi connectivity index (χ3v) is 4.91. The molecule has 2 aromatic carbocycles. The van der Waals surface area contributed by atoms with Crippen LogP contribution in [0.1, 0.15) is 18.4 Å². The number of likely N-dealkylation sites (tertiary alicyclic amines) is 1. The summed E-state index contributed by atoms with van der Waals surface area (Å²) < 4.78 is 11.4. The van der Waals surface area contributed by atoms with Crippen molar-refractivity contribution < 1.29 is 19.1 Å². The Labute approximate surface area is 165 Å². The van der Waals surface area contributed by atoms with Gasteiger partial charge in [-0.25, -0.2) is 0 Å². The first kappa shape index (κ1) is 19.7. The summed E-state index contributed by atoms with van der Waals surface area (Å²) in [4.78, 5) is 25.7. The third-order valence-electron chi connectivity index (χ3n) is 4.91. The highest BCUT2D eigenvalue weighted by Crippen LogP contribution is 2.24. The molecule has 1 N–H and O–H groups in total. The highest BCUT2D eigenvalue weighted by Gasteiger charge is 2.26. The largest absolute Gasteiger partial charge is 0.484 e. The summed E-state index contributed by atoms with van der Waals surface area (Å²) >= 11 is 0. The Morgan fingerprint density at radius 2 is 1.50 bits per heavy atom. The van der Waals surface area contributed by atoms with E-state index in [1.165, 1.54) is 5.56 Å². The maximum absolute atomic E-state index is 12.3. The normalized spacial score (nSPS) is 14.4. The number of hydrogen-bond donors (Lipinski definition) is 1. The molecule has 1 aliphatic heterocycles. The van der Waals surface area contributed by atoms with Gasteiger partial charge in [0, 0.05) is 26.1 Å². The zero-order valence-electron chi connectivity index (χ0n) is 16.3. The van der Waals surface area contributed by atoms with Gasteiger partial charge in [0.15, 0.2) is 6.61 Å². The smallest absolute Gasteiger partial charge is 0.260 e. The summed E-state index contributed by atoms with van der Waals surface area (Å²) in [6.45, 7) is 3.19. The number of hydrogen-bond acceptors (Lipinski definition) is 4. The number of rotatable bonds is 6. The lowest BCUT2D eigenvalue weighted by molar-refractivity contribution is -0.137. The molecular formula is C22H26N2O4. The summed E-state index contributed by atoms with van der Waals surface area (Å²) in [5, 5.41) is 2.67. The van der Waals surface area contributed by atoms with Crippen LogP contribution in [0, 0.1) is 12.8 Å². The van der Waals surface area contributed by atoms with E-state index < -0.39 is 0 Å². The first-order chi connectivity index (χ1) is 13.5.